The second-order valence-electron chi connectivity index (χ2n) is 4.47. The topological polar surface area (TPSA) is 107 Å². The van der Waals surface area contributed by atoms with E-state index < -0.39 is 10.9 Å². The molecule has 1 aromatic heterocycles. The number of aromatic nitrogens is 2. The Morgan fingerprint density at radius 1 is 1.43 bits per heavy atom. The number of ether oxygens (including phenoxy) is 1. The molecule has 1 aromatic carbocycles. The molecule has 0 saturated carbocycles. The average molecular weight is 291 g/mol. The number of hydrogen-bond acceptors (Lipinski definition) is 5. The first kappa shape index (κ1) is 14.5. The molecule has 0 fully saturated rings. The number of carboxylic acids is 1. The average Bonchev–Trinajstić information content (AvgIpc) is 2.65. The summed E-state index contributed by atoms with van der Waals surface area (Å²) in [5, 5.41) is 24.0. The van der Waals surface area contributed by atoms with Crippen LogP contribution in [0.4, 0.5) is 5.69 Å². The van der Waals surface area contributed by atoms with E-state index in [4.69, 9.17) is 4.74 Å². The smallest absolute Gasteiger partial charge is 0.339 e. The van der Waals surface area contributed by atoms with Gasteiger partial charge in [-0.1, -0.05) is 0 Å². The summed E-state index contributed by atoms with van der Waals surface area (Å²) in [5.41, 5.74) is 0.748. The molecule has 0 radical (unpaired) electrons. The van der Waals surface area contributed by atoms with Crippen LogP contribution in [0.5, 0.6) is 11.5 Å². The van der Waals surface area contributed by atoms with Crippen molar-refractivity contribution in [2.45, 2.75) is 13.8 Å². The third kappa shape index (κ3) is 2.69. The summed E-state index contributed by atoms with van der Waals surface area (Å²) in [7, 11) is 1.74. The van der Waals surface area contributed by atoms with E-state index >= 15 is 0 Å². The number of aromatic carboxylic acids is 1. The van der Waals surface area contributed by atoms with E-state index in [9.17, 15) is 20.0 Å². The molecule has 2 aromatic rings. The SMILES string of the molecule is Cc1nn(C)c(C)c1Oc1ccc([N+](=O)[O-])cc1C(=O)O. The molecule has 8 heteroatoms. The normalized spacial score (nSPS) is 10.4. The van der Waals surface area contributed by atoms with Crippen LogP contribution < -0.4 is 4.74 Å². The number of non-ortho nitro benzene ring substituents is 1. The van der Waals surface area contributed by atoms with Gasteiger partial charge in [-0.3, -0.25) is 14.8 Å². The van der Waals surface area contributed by atoms with Crippen molar-refractivity contribution in [1.82, 2.24) is 9.78 Å². The number of hydrogen-bond donors (Lipinski definition) is 1. The van der Waals surface area contributed by atoms with Gasteiger partial charge < -0.3 is 9.84 Å². The molecule has 0 saturated heterocycles. The van der Waals surface area contributed by atoms with Crippen LogP contribution in [-0.2, 0) is 7.05 Å². The first-order valence-corrected chi connectivity index (χ1v) is 6.01. The van der Waals surface area contributed by atoms with Gasteiger partial charge in [0, 0.05) is 19.2 Å². The lowest BCUT2D eigenvalue weighted by Gasteiger charge is -2.09. The third-order valence-corrected chi connectivity index (χ3v) is 3.06. The summed E-state index contributed by atoms with van der Waals surface area (Å²) in [6.07, 6.45) is 0. The molecule has 0 spiro atoms. The van der Waals surface area contributed by atoms with Crippen molar-refractivity contribution in [2.24, 2.45) is 7.05 Å². The van der Waals surface area contributed by atoms with Gasteiger partial charge in [-0.2, -0.15) is 5.10 Å². The van der Waals surface area contributed by atoms with Gasteiger partial charge in [-0.15, -0.1) is 0 Å². The largest absolute Gasteiger partial charge is 0.478 e. The maximum atomic E-state index is 11.2. The maximum Gasteiger partial charge on any atom is 0.339 e. The summed E-state index contributed by atoms with van der Waals surface area (Å²) in [5.74, 6) is -0.825. The zero-order valence-corrected chi connectivity index (χ0v) is 11.7. The Bertz CT molecular complexity index is 736. The minimum Gasteiger partial charge on any atom is -0.478 e. The number of aryl methyl sites for hydroxylation is 2. The molecule has 0 aliphatic rings. The number of benzene rings is 1. The van der Waals surface area contributed by atoms with Crippen molar-refractivity contribution >= 4 is 11.7 Å². The van der Waals surface area contributed by atoms with E-state index in [0.29, 0.717) is 11.4 Å². The Balaban J connectivity index is 2.49. The Morgan fingerprint density at radius 3 is 2.57 bits per heavy atom. The predicted molar refractivity (Wildman–Crippen MR) is 72.8 cm³/mol. The molecule has 2 rings (SSSR count). The molecule has 0 amide bonds. The van der Waals surface area contributed by atoms with Crippen LogP contribution in [0, 0.1) is 24.0 Å². The summed E-state index contributed by atoms with van der Waals surface area (Å²) < 4.78 is 7.21. The second-order valence-corrected chi connectivity index (χ2v) is 4.47. The van der Waals surface area contributed by atoms with E-state index in [1.54, 1.807) is 25.6 Å². The van der Waals surface area contributed by atoms with Crippen LogP contribution in [0.25, 0.3) is 0 Å². The number of nitro benzene ring substituents is 1. The molecule has 1 N–H and O–H groups in total. The van der Waals surface area contributed by atoms with Crippen molar-refractivity contribution < 1.29 is 19.6 Å². The minimum atomic E-state index is -1.30. The highest BCUT2D eigenvalue weighted by atomic mass is 16.6. The van der Waals surface area contributed by atoms with Gasteiger partial charge in [0.25, 0.3) is 5.69 Å². The molecule has 0 aliphatic carbocycles. The van der Waals surface area contributed by atoms with Gasteiger partial charge in [0.05, 0.1) is 10.6 Å². The fourth-order valence-electron chi connectivity index (χ4n) is 1.90. The Hall–Kier alpha value is -2.90. The highest BCUT2D eigenvalue weighted by molar-refractivity contribution is 5.91. The van der Waals surface area contributed by atoms with E-state index in [2.05, 4.69) is 5.10 Å². The Labute approximate surface area is 119 Å². The molecule has 0 unspecified atom stereocenters. The molecule has 0 bridgehead atoms. The number of nitrogens with zero attached hydrogens (tertiary/aromatic N) is 3. The van der Waals surface area contributed by atoms with Crippen LogP contribution >= 0.6 is 0 Å². The molecular weight excluding hydrogens is 278 g/mol. The quantitative estimate of drug-likeness (QED) is 0.684. The fourth-order valence-corrected chi connectivity index (χ4v) is 1.90. The zero-order chi connectivity index (χ0) is 15.7. The maximum absolute atomic E-state index is 11.2. The number of rotatable bonds is 4. The molecule has 110 valence electrons. The van der Waals surface area contributed by atoms with E-state index in [-0.39, 0.29) is 17.0 Å². The second kappa shape index (κ2) is 5.23. The van der Waals surface area contributed by atoms with Crippen molar-refractivity contribution in [1.29, 1.82) is 0 Å². The van der Waals surface area contributed by atoms with Crippen LogP contribution in [-0.4, -0.2) is 25.8 Å². The van der Waals surface area contributed by atoms with Gasteiger partial charge in [0.1, 0.15) is 17.0 Å². The van der Waals surface area contributed by atoms with Gasteiger partial charge in [0.2, 0.25) is 0 Å². The van der Waals surface area contributed by atoms with E-state index in [1.165, 1.54) is 12.1 Å². The lowest BCUT2D eigenvalue weighted by atomic mass is 10.2. The van der Waals surface area contributed by atoms with Gasteiger partial charge in [0.15, 0.2) is 5.75 Å². The van der Waals surface area contributed by atoms with Crippen molar-refractivity contribution in [3.63, 3.8) is 0 Å². The monoisotopic (exact) mass is 291 g/mol. The van der Waals surface area contributed by atoms with E-state index in [0.717, 1.165) is 11.8 Å². The van der Waals surface area contributed by atoms with Gasteiger partial charge >= 0.3 is 5.97 Å². The molecular formula is C13H13N3O5. The number of carbonyl (C=O) groups is 1. The summed E-state index contributed by atoms with van der Waals surface area (Å²) in [6, 6.07) is 3.44. The lowest BCUT2D eigenvalue weighted by Crippen LogP contribution is -2.02. The Morgan fingerprint density at radius 2 is 2.10 bits per heavy atom. The van der Waals surface area contributed by atoms with E-state index in [1.807, 2.05) is 0 Å². The Kier molecular flexibility index (Phi) is 3.62. The van der Waals surface area contributed by atoms with Crippen LogP contribution in [0.15, 0.2) is 18.2 Å². The molecule has 21 heavy (non-hydrogen) atoms. The zero-order valence-electron chi connectivity index (χ0n) is 11.7. The third-order valence-electron chi connectivity index (χ3n) is 3.06. The highest BCUT2D eigenvalue weighted by Crippen LogP contribution is 2.32. The molecule has 1 heterocycles. The first-order chi connectivity index (χ1) is 9.81. The van der Waals surface area contributed by atoms with Crippen LogP contribution in [0.1, 0.15) is 21.7 Å². The summed E-state index contributed by atoms with van der Waals surface area (Å²) in [4.78, 5) is 21.3. The van der Waals surface area contributed by atoms with Gasteiger partial charge in [-0.25, -0.2) is 4.79 Å². The number of nitro groups is 1. The van der Waals surface area contributed by atoms with Gasteiger partial charge in [-0.05, 0) is 19.9 Å². The van der Waals surface area contributed by atoms with Crippen molar-refractivity contribution in [2.75, 3.05) is 0 Å². The molecule has 8 nitrogen and oxygen atoms in total. The molecule has 0 aliphatic heterocycles. The predicted octanol–water partition coefficient (Wildman–Crippen LogP) is 2.44. The standard InChI is InChI=1S/C13H13N3O5/c1-7-12(8(2)15(3)14-7)21-11-5-4-9(16(19)20)6-10(11)13(17)18/h4-6H,1-3H3,(H,17,18). The lowest BCUT2D eigenvalue weighted by molar-refractivity contribution is -0.384. The summed E-state index contributed by atoms with van der Waals surface area (Å²) in [6.45, 7) is 3.51. The highest BCUT2D eigenvalue weighted by Gasteiger charge is 2.20. The molecule has 0 atom stereocenters. The van der Waals surface area contributed by atoms with Crippen molar-refractivity contribution in [3.05, 3.63) is 45.3 Å². The fraction of sp³-hybridized carbons (Fsp3) is 0.231. The van der Waals surface area contributed by atoms with Crippen LogP contribution in [0.2, 0.25) is 0 Å². The summed E-state index contributed by atoms with van der Waals surface area (Å²) >= 11 is 0. The number of carboxylic acid groups (broad SMARTS) is 1. The minimum absolute atomic E-state index is 0.0345. The first-order valence-electron chi connectivity index (χ1n) is 6.01. The van der Waals surface area contributed by atoms with Crippen LogP contribution in [0.3, 0.4) is 0 Å². The van der Waals surface area contributed by atoms with Crippen molar-refractivity contribution in [3.8, 4) is 11.5 Å².